The Kier molecular flexibility index (Phi) is 18.1. The number of benzene rings is 2. The lowest BCUT2D eigenvalue weighted by Gasteiger charge is -2.37. The highest BCUT2D eigenvalue weighted by Crippen LogP contribution is 2.42. The van der Waals surface area contributed by atoms with Gasteiger partial charge in [-0.2, -0.15) is 0 Å². The van der Waals surface area contributed by atoms with E-state index in [4.69, 9.17) is 19.2 Å². The predicted molar refractivity (Wildman–Crippen MR) is 225 cm³/mol. The summed E-state index contributed by atoms with van der Waals surface area (Å²) in [5, 5.41) is 7.56. The summed E-state index contributed by atoms with van der Waals surface area (Å²) < 4.78 is 44.6. The molecule has 1 amide bonds. The van der Waals surface area contributed by atoms with Gasteiger partial charge in [-0.3, -0.25) is 4.79 Å². The SMILES string of the molecule is CC(C)CN(CCCNC=O)Sc1ccc2nc(NC3CCN(C4CCCC4)CC3)sc2c1.COC1OCC2C1CCC(C)C2OC.Cc1cc(F)cc(F)c1. The lowest BCUT2D eigenvalue weighted by atomic mass is 9.73. The summed E-state index contributed by atoms with van der Waals surface area (Å²) >= 11 is 3.60. The number of aryl methyl sites for hydroxylation is 1. The molecule has 4 fully saturated rings. The van der Waals surface area contributed by atoms with Gasteiger partial charge in [-0.15, -0.1) is 0 Å². The molecule has 9 nitrogen and oxygen atoms in total. The second-order valence-electron chi connectivity index (χ2n) is 16.3. The Morgan fingerprint density at radius 3 is 2.39 bits per heavy atom. The van der Waals surface area contributed by atoms with Crippen molar-refractivity contribution >= 4 is 45.0 Å². The van der Waals surface area contributed by atoms with Gasteiger partial charge < -0.3 is 29.7 Å². The summed E-state index contributed by atoms with van der Waals surface area (Å²) in [6, 6.07) is 11.4. The molecule has 3 heterocycles. The molecule has 4 aliphatic rings. The minimum Gasteiger partial charge on any atom is -0.381 e. The highest BCUT2D eigenvalue weighted by atomic mass is 32.2. The largest absolute Gasteiger partial charge is 0.381 e. The molecule has 2 aliphatic carbocycles. The van der Waals surface area contributed by atoms with Crippen molar-refractivity contribution in [1.82, 2.24) is 19.5 Å². The number of nitrogens with one attached hydrogen (secondary N) is 2. The van der Waals surface area contributed by atoms with Crippen molar-refractivity contribution < 1.29 is 27.8 Å². The second kappa shape index (κ2) is 22.7. The van der Waals surface area contributed by atoms with Gasteiger partial charge >= 0.3 is 0 Å². The minimum atomic E-state index is -0.521. The molecule has 5 unspecified atom stereocenters. The van der Waals surface area contributed by atoms with E-state index in [1.165, 1.54) is 86.2 Å². The van der Waals surface area contributed by atoms with E-state index in [1.807, 2.05) is 19.1 Å². The first kappa shape index (κ1) is 44.7. The molecule has 3 aromatic rings. The zero-order chi connectivity index (χ0) is 40.0. The number of thiazole rings is 1. The highest BCUT2D eigenvalue weighted by Gasteiger charge is 2.46. The lowest BCUT2D eigenvalue weighted by Crippen LogP contribution is -2.43. The number of hydrogen-bond acceptors (Lipinski definition) is 10. The first-order valence-electron chi connectivity index (χ1n) is 20.7. The molecule has 0 spiro atoms. The van der Waals surface area contributed by atoms with E-state index in [1.54, 1.807) is 25.4 Å². The number of aromatic nitrogens is 1. The van der Waals surface area contributed by atoms with Crippen LogP contribution in [0.2, 0.25) is 0 Å². The average molecular weight is 818 g/mol. The molecule has 2 saturated carbocycles. The van der Waals surface area contributed by atoms with Crippen molar-refractivity contribution in [2.75, 3.05) is 58.9 Å². The smallest absolute Gasteiger partial charge is 0.207 e. The number of anilines is 1. The monoisotopic (exact) mass is 817 g/mol. The van der Waals surface area contributed by atoms with Crippen molar-refractivity contribution in [3.63, 3.8) is 0 Å². The van der Waals surface area contributed by atoms with Gasteiger partial charge in [0.05, 0.1) is 22.9 Å². The highest BCUT2D eigenvalue weighted by molar-refractivity contribution is 7.97. The van der Waals surface area contributed by atoms with Crippen LogP contribution in [0.4, 0.5) is 13.9 Å². The normalized spacial score (nSPS) is 24.4. The number of hydrogen-bond donors (Lipinski definition) is 2. The molecule has 5 atom stereocenters. The first-order valence-corrected chi connectivity index (χ1v) is 22.3. The van der Waals surface area contributed by atoms with Crippen molar-refractivity contribution in [2.45, 2.75) is 115 Å². The lowest BCUT2D eigenvalue weighted by molar-refractivity contribution is -0.116. The van der Waals surface area contributed by atoms with Gasteiger partial charge in [0.15, 0.2) is 11.4 Å². The number of methoxy groups -OCH3 is 2. The molecule has 0 bridgehead atoms. The van der Waals surface area contributed by atoms with Crippen molar-refractivity contribution in [2.24, 2.45) is 23.7 Å². The number of likely N-dealkylation sites (tertiary alicyclic amines) is 1. The average Bonchev–Trinajstić information content (AvgIpc) is 3.94. The van der Waals surface area contributed by atoms with Gasteiger partial charge in [0, 0.05) is 81.8 Å². The molecule has 312 valence electrons. The van der Waals surface area contributed by atoms with Crippen LogP contribution in [-0.4, -0.2) is 98.6 Å². The summed E-state index contributed by atoms with van der Waals surface area (Å²) in [4.78, 5) is 19.4. The molecule has 2 aromatic carbocycles. The number of carbonyl (C=O) groups is 1. The Morgan fingerprint density at radius 2 is 1.75 bits per heavy atom. The van der Waals surface area contributed by atoms with Gasteiger partial charge in [-0.05, 0) is 112 Å². The first-order chi connectivity index (χ1) is 27.1. The van der Waals surface area contributed by atoms with E-state index in [2.05, 4.69) is 58.8 Å². The van der Waals surface area contributed by atoms with Gasteiger partial charge in [-0.1, -0.05) is 44.9 Å². The summed E-state index contributed by atoms with van der Waals surface area (Å²) in [6.07, 6.45) is 12.6. The molecule has 0 radical (unpaired) electrons. The molecule has 2 N–H and O–H groups in total. The fraction of sp³-hybridized carbons (Fsp3) is 0.674. The van der Waals surface area contributed by atoms with Crippen LogP contribution in [0.15, 0.2) is 41.3 Å². The Balaban J connectivity index is 0.000000211. The third kappa shape index (κ3) is 13.3. The zero-order valence-corrected chi connectivity index (χ0v) is 35.9. The van der Waals surface area contributed by atoms with Crippen molar-refractivity contribution in [3.8, 4) is 0 Å². The number of rotatable bonds is 14. The Labute approximate surface area is 342 Å². The van der Waals surface area contributed by atoms with Crippen LogP contribution < -0.4 is 10.6 Å². The van der Waals surface area contributed by atoms with Crippen LogP contribution in [0.3, 0.4) is 0 Å². The fourth-order valence-corrected chi connectivity index (χ4v) is 11.0. The molecule has 1 aromatic heterocycles. The number of ether oxygens (including phenoxy) is 3. The molecule has 2 saturated heterocycles. The number of amides is 1. The quantitative estimate of drug-likeness (QED) is 0.0940. The van der Waals surface area contributed by atoms with Crippen LogP contribution in [-0.2, 0) is 19.0 Å². The van der Waals surface area contributed by atoms with Gasteiger partial charge in [-0.25, -0.2) is 18.1 Å². The molecule has 13 heteroatoms. The number of fused-ring (bicyclic) bond motifs is 2. The van der Waals surface area contributed by atoms with E-state index in [0.29, 0.717) is 41.4 Å². The van der Waals surface area contributed by atoms with Crippen LogP contribution in [0.1, 0.15) is 84.1 Å². The van der Waals surface area contributed by atoms with E-state index in [-0.39, 0.29) is 6.29 Å². The molecule has 7 rings (SSSR count). The van der Waals surface area contributed by atoms with Crippen LogP contribution in [0.5, 0.6) is 0 Å². The van der Waals surface area contributed by atoms with Gasteiger partial charge in [0.2, 0.25) is 6.41 Å². The predicted octanol–water partition coefficient (Wildman–Crippen LogP) is 9.16. The van der Waals surface area contributed by atoms with Gasteiger partial charge in [0.25, 0.3) is 0 Å². The fourth-order valence-electron chi connectivity index (χ4n) is 8.75. The van der Waals surface area contributed by atoms with Crippen molar-refractivity contribution in [3.05, 3.63) is 53.6 Å². The Hall–Kier alpha value is -2.39. The maximum absolute atomic E-state index is 12.2. The van der Waals surface area contributed by atoms with Gasteiger partial charge in [0.1, 0.15) is 11.6 Å². The second-order valence-corrected chi connectivity index (χ2v) is 18.5. The molecule has 2 aliphatic heterocycles. The third-order valence-corrected chi connectivity index (χ3v) is 13.5. The molecule has 56 heavy (non-hydrogen) atoms. The van der Waals surface area contributed by atoms with E-state index in [9.17, 15) is 13.6 Å². The standard InChI is InChI=1S/C25H39N5OS2.C11H20O3.C7H6F2/c1-19(2)17-30(13-5-12-26-18-31)33-22-8-9-23-24(16-22)32-25(28-23)27-20-10-14-29(15-11-20)21-6-3-4-7-21;1-7-4-5-8-9(10(7)12-2)6-14-11(8)13-3;1-5-2-6(8)4-7(9)3-5/h8-9,16,18-21H,3-7,10-15,17H2,1-2H3,(H,26,31)(H,27,28);7-11H,4-6H2,1-3H3;2-4H,1H3. The summed E-state index contributed by atoms with van der Waals surface area (Å²) in [5.41, 5.74) is 1.69. The maximum atomic E-state index is 12.2. The maximum Gasteiger partial charge on any atom is 0.207 e. The number of piperidine rings is 1. The van der Waals surface area contributed by atoms with Crippen LogP contribution in [0, 0.1) is 42.2 Å². The number of carbonyl (C=O) groups excluding carboxylic acids is 1. The zero-order valence-electron chi connectivity index (χ0n) is 34.3. The topological polar surface area (TPSA) is 88.2 Å². The third-order valence-electron chi connectivity index (χ3n) is 11.5. The summed E-state index contributed by atoms with van der Waals surface area (Å²) in [5.74, 6) is 1.29. The summed E-state index contributed by atoms with van der Waals surface area (Å²) in [7, 11) is 3.54. The van der Waals surface area contributed by atoms with E-state index >= 15 is 0 Å². The Bertz CT molecular complexity index is 1570. The van der Waals surface area contributed by atoms with E-state index < -0.39 is 11.6 Å². The summed E-state index contributed by atoms with van der Waals surface area (Å²) in [6.45, 7) is 14.4. The van der Waals surface area contributed by atoms with Crippen LogP contribution in [0.25, 0.3) is 10.2 Å². The Morgan fingerprint density at radius 1 is 1.02 bits per heavy atom. The molecular weight excluding hydrogens is 753 g/mol. The van der Waals surface area contributed by atoms with Crippen LogP contribution >= 0.6 is 23.3 Å². The minimum absolute atomic E-state index is 0.00477. The number of halogens is 2. The van der Waals surface area contributed by atoms with E-state index in [0.717, 1.165) is 61.8 Å². The van der Waals surface area contributed by atoms with Crippen molar-refractivity contribution in [1.29, 1.82) is 0 Å². The number of nitrogens with zero attached hydrogens (tertiary/aromatic N) is 3. The molecular formula is C43H65F2N5O4S2.